The van der Waals surface area contributed by atoms with E-state index < -0.39 is 11.0 Å². The number of nitrogens with zero attached hydrogens (tertiary/aromatic N) is 4. The first-order valence-electron chi connectivity index (χ1n) is 10.1. The van der Waals surface area contributed by atoms with Gasteiger partial charge < -0.3 is 15.2 Å². The summed E-state index contributed by atoms with van der Waals surface area (Å²) in [6, 6.07) is 11.2. The maximum absolute atomic E-state index is 12.5. The maximum Gasteiger partial charge on any atom is 0.271 e. The van der Waals surface area contributed by atoms with Crippen LogP contribution in [-0.2, 0) is 11.8 Å². The molecule has 0 bridgehead atoms. The number of carbonyl (C=O) groups excluding carboxylic acids is 2. The molecule has 0 saturated heterocycles. The smallest absolute Gasteiger partial charge is 0.271 e. The summed E-state index contributed by atoms with van der Waals surface area (Å²) in [6.45, 7) is 5.52. The molecular formula is C22H24N6O4S. The number of nitro groups is 1. The van der Waals surface area contributed by atoms with Crippen molar-refractivity contribution in [2.75, 3.05) is 11.1 Å². The zero-order valence-corrected chi connectivity index (χ0v) is 19.5. The van der Waals surface area contributed by atoms with Crippen LogP contribution in [0.25, 0.3) is 0 Å². The van der Waals surface area contributed by atoms with Gasteiger partial charge >= 0.3 is 0 Å². The zero-order chi connectivity index (χ0) is 24.1. The molecule has 11 heteroatoms. The van der Waals surface area contributed by atoms with E-state index >= 15 is 0 Å². The predicted molar refractivity (Wildman–Crippen MR) is 125 cm³/mol. The number of benzene rings is 2. The molecule has 1 atom stereocenters. The van der Waals surface area contributed by atoms with Gasteiger partial charge in [-0.3, -0.25) is 19.7 Å². The summed E-state index contributed by atoms with van der Waals surface area (Å²) in [5.74, 6) is 0.0475. The molecule has 0 aliphatic rings. The van der Waals surface area contributed by atoms with Crippen LogP contribution in [0.1, 0.15) is 40.3 Å². The van der Waals surface area contributed by atoms with Gasteiger partial charge in [-0.2, -0.15) is 0 Å². The van der Waals surface area contributed by atoms with E-state index in [1.807, 2.05) is 26.0 Å². The molecule has 2 amide bonds. The van der Waals surface area contributed by atoms with Crippen molar-refractivity contribution in [2.45, 2.75) is 32.0 Å². The van der Waals surface area contributed by atoms with Crippen molar-refractivity contribution in [3.8, 4) is 0 Å². The minimum Gasteiger partial charge on any atom is -0.342 e. The van der Waals surface area contributed by atoms with E-state index in [4.69, 9.17) is 0 Å². The Morgan fingerprint density at radius 2 is 1.85 bits per heavy atom. The van der Waals surface area contributed by atoms with Gasteiger partial charge in [-0.1, -0.05) is 35.5 Å². The number of thioether (sulfide) groups is 1. The van der Waals surface area contributed by atoms with Crippen LogP contribution in [-0.4, -0.2) is 37.3 Å². The fraction of sp³-hybridized carbons (Fsp3) is 0.273. The average Bonchev–Trinajstić information content (AvgIpc) is 3.14. The van der Waals surface area contributed by atoms with Crippen LogP contribution >= 0.6 is 11.8 Å². The van der Waals surface area contributed by atoms with Gasteiger partial charge in [0.05, 0.1) is 22.4 Å². The number of aromatic nitrogens is 3. The van der Waals surface area contributed by atoms with Crippen LogP contribution in [0, 0.1) is 24.0 Å². The highest BCUT2D eigenvalue weighted by Crippen LogP contribution is 2.23. The molecule has 0 aliphatic heterocycles. The van der Waals surface area contributed by atoms with Gasteiger partial charge in [0.25, 0.3) is 11.6 Å². The van der Waals surface area contributed by atoms with Gasteiger partial charge in [-0.25, -0.2) is 0 Å². The van der Waals surface area contributed by atoms with Gasteiger partial charge in [0.2, 0.25) is 5.91 Å². The van der Waals surface area contributed by atoms with Crippen molar-refractivity contribution >= 4 is 35.0 Å². The summed E-state index contributed by atoms with van der Waals surface area (Å²) < 4.78 is 1.72. The number of hydrogen-bond acceptors (Lipinski definition) is 7. The third-order valence-electron chi connectivity index (χ3n) is 4.96. The summed E-state index contributed by atoms with van der Waals surface area (Å²) in [4.78, 5) is 35.3. The first-order chi connectivity index (χ1) is 15.7. The maximum atomic E-state index is 12.5. The summed E-state index contributed by atoms with van der Waals surface area (Å²) in [5.41, 5.74) is 2.64. The summed E-state index contributed by atoms with van der Waals surface area (Å²) in [6.07, 6.45) is 0. The molecule has 1 aromatic heterocycles. The second-order valence-electron chi connectivity index (χ2n) is 7.55. The lowest BCUT2D eigenvalue weighted by molar-refractivity contribution is -0.384. The monoisotopic (exact) mass is 468 g/mol. The minimum atomic E-state index is -0.510. The number of rotatable bonds is 8. The van der Waals surface area contributed by atoms with Crippen LogP contribution in [0.15, 0.2) is 47.6 Å². The Balaban J connectivity index is 1.60. The number of carbonyl (C=O) groups is 2. The molecular weight excluding hydrogens is 444 g/mol. The molecule has 3 aromatic rings. The molecule has 0 fully saturated rings. The number of hydrogen-bond donors (Lipinski definition) is 2. The Labute approximate surface area is 194 Å². The highest BCUT2D eigenvalue weighted by molar-refractivity contribution is 7.99. The second-order valence-corrected chi connectivity index (χ2v) is 8.50. The van der Waals surface area contributed by atoms with Crippen molar-refractivity contribution in [3.63, 3.8) is 0 Å². The molecule has 0 aliphatic carbocycles. The van der Waals surface area contributed by atoms with E-state index in [1.54, 1.807) is 36.7 Å². The van der Waals surface area contributed by atoms with E-state index in [1.165, 1.54) is 23.9 Å². The highest BCUT2D eigenvalue weighted by atomic mass is 32.2. The zero-order valence-electron chi connectivity index (χ0n) is 18.7. The second kappa shape index (κ2) is 10.3. The number of nitro benzene ring substituents is 1. The van der Waals surface area contributed by atoms with Crippen molar-refractivity contribution in [3.05, 3.63) is 75.1 Å². The average molecular weight is 469 g/mol. The van der Waals surface area contributed by atoms with E-state index in [-0.39, 0.29) is 23.3 Å². The molecule has 0 radical (unpaired) electrons. The van der Waals surface area contributed by atoms with Crippen molar-refractivity contribution in [1.29, 1.82) is 0 Å². The third kappa shape index (κ3) is 5.95. The normalized spacial score (nSPS) is 11.6. The lowest BCUT2D eigenvalue weighted by Crippen LogP contribution is -2.28. The molecule has 0 spiro atoms. The SMILES string of the molecule is Cc1ccc(C(=O)N[C@@H](C)c2nnc(SCC(=O)Nc3cc([N+](=O)[O-])ccc3C)n2C)cc1. The molecule has 3 rings (SSSR count). The van der Waals surface area contributed by atoms with E-state index in [9.17, 15) is 19.7 Å². The van der Waals surface area contributed by atoms with Crippen LogP contribution < -0.4 is 10.6 Å². The van der Waals surface area contributed by atoms with Crippen molar-refractivity contribution in [2.24, 2.45) is 7.05 Å². The molecule has 10 nitrogen and oxygen atoms in total. The van der Waals surface area contributed by atoms with Crippen molar-refractivity contribution in [1.82, 2.24) is 20.1 Å². The molecule has 1 heterocycles. The summed E-state index contributed by atoms with van der Waals surface area (Å²) in [5, 5.41) is 25.3. The minimum absolute atomic E-state index is 0.0399. The molecule has 0 saturated carbocycles. The highest BCUT2D eigenvalue weighted by Gasteiger charge is 2.19. The fourth-order valence-corrected chi connectivity index (χ4v) is 3.77. The quantitative estimate of drug-likeness (QED) is 0.293. The van der Waals surface area contributed by atoms with Gasteiger partial charge in [-0.15, -0.1) is 10.2 Å². The number of amides is 2. The molecule has 2 aromatic carbocycles. The number of aryl methyl sites for hydroxylation is 2. The standard InChI is InChI=1S/C22H24N6O4S/c1-13-5-8-16(9-6-13)21(30)23-15(3)20-25-26-22(27(20)4)33-12-19(29)24-18-11-17(28(31)32)10-7-14(18)2/h5-11,15H,12H2,1-4H3,(H,23,30)(H,24,29)/t15-/m0/s1. The van der Waals surface area contributed by atoms with Gasteiger partial charge in [0, 0.05) is 24.7 Å². The topological polar surface area (TPSA) is 132 Å². The summed E-state index contributed by atoms with van der Waals surface area (Å²) >= 11 is 1.18. The number of anilines is 1. The Morgan fingerprint density at radius 3 is 2.52 bits per heavy atom. The Bertz CT molecular complexity index is 1190. The van der Waals surface area contributed by atoms with Gasteiger partial charge in [0.15, 0.2) is 11.0 Å². The van der Waals surface area contributed by atoms with Gasteiger partial charge in [0.1, 0.15) is 0 Å². The molecule has 2 N–H and O–H groups in total. The Hall–Kier alpha value is -3.73. The van der Waals surface area contributed by atoms with E-state index in [0.717, 1.165) is 11.1 Å². The molecule has 172 valence electrons. The van der Waals surface area contributed by atoms with Gasteiger partial charge in [-0.05, 0) is 38.5 Å². The van der Waals surface area contributed by atoms with Crippen LogP contribution in [0.2, 0.25) is 0 Å². The largest absolute Gasteiger partial charge is 0.342 e. The van der Waals surface area contributed by atoms with Crippen LogP contribution in [0.5, 0.6) is 0 Å². The Morgan fingerprint density at radius 1 is 1.15 bits per heavy atom. The first kappa shape index (κ1) is 23.9. The number of non-ortho nitro benzene ring substituents is 1. The predicted octanol–water partition coefficient (Wildman–Crippen LogP) is 3.56. The first-order valence-corrected chi connectivity index (χ1v) is 11.1. The number of nitrogens with one attached hydrogen (secondary N) is 2. The molecule has 33 heavy (non-hydrogen) atoms. The third-order valence-corrected chi connectivity index (χ3v) is 5.98. The van der Waals surface area contributed by atoms with Crippen LogP contribution in [0.4, 0.5) is 11.4 Å². The van der Waals surface area contributed by atoms with E-state index in [2.05, 4.69) is 20.8 Å². The summed E-state index contributed by atoms with van der Waals surface area (Å²) in [7, 11) is 1.76. The lowest BCUT2D eigenvalue weighted by atomic mass is 10.1. The van der Waals surface area contributed by atoms with E-state index in [0.29, 0.717) is 22.2 Å². The van der Waals surface area contributed by atoms with Crippen LogP contribution in [0.3, 0.4) is 0 Å². The Kier molecular flexibility index (Phi) is 7.44. The lowest BCUT2D eigenvalue weighted by Gasteiger charge is -2.14. The fourth-order valence-electron chi connectivity index (χ4n) is 3.05. The molecule has 0 unspecified atom stereocenters. The van der Waals surface area contributed by atoms with Crippen molar-refractivity contribution < 1.29 is 14.5 Å².